The maximum atomic E-state index is 15.8. The van der Waals surface area contributed by atoms with Gasteiger partial charge in [0.05, 0.1) is 36.6 Å². The average Bonchev–Trinajstić information content (AvgIpc) is 0.803. The average molecular weight is 2120 g/mol. The zero-order valence-electron chi connectivity index (χ0n) is 89.1. The van der Waals surface area contributed by atoms with Crippen LogP contribution < -0.4 is 147 Å². The van der Waals surface area contributed by atoms with Crippen LogP contribution >= 0.6 is 0 Å². The van der Waals surface area contributed by atoms with Crippen molar-refractivity contribution in [1.82, 2.24) is 101 Å². The largest absolute Gasteiger partial charge is 0.481 e. The van der Waals surface area contributed by atoms with E-state index in [0.717, 1.165) is 6.92 Å². The van der Waals surface area contributed by atoms with Gasteiger partial charge in [-0.25, -0.2) is 5.43 Å². The van der Waals surface area contributed by atoms with Crippen LogP contribution in [0.25, 0.3) is 0 Å². The number of carboxylic acid groups (broad SMARTS) is 1. The highest BCUT2D eigenvalue weighted by Gasteiger charge is 2.46. The lowest BCUT2D eigenvalue weighted by Gasteiger charge is -2.35. The number of guanidine groups is 3. The Hall–Kier alpha value is -13.6. The van der Waals surface area contributed by atoms with Crippen LogP contribution in [0.1, 0.15) is 263 Å². The molecule has 0 saturated carbocycles. The molecule has 0 fully saturated rings. The number of Topliss-reactive ketones (excluding diaryl/α,β-unsaturated/α-hetero) is 2. The Labute approximate surface area is 876 Å². The molecular weight excluding hydrogens is 1950 g/mol. The fraction of sp³-hybridized carbons (Fsp3) is 0.684. The molecule has 1 aliphatic rings. The molecule has 1 aromatic rings. The fourth-order valence-corrected chi connectivity index (χ4v) is 16.3. The van der Waals surface area contributed by atoms with E-state index >= 15 is 24.0 Å². The highest BCUT2D eigenvalue weighted by atomic mass is 16.4. The molecule has 52 heteroatoms. The number of nitrogens with two attached hydrogens (primary N) is 8. The number of primary amides is 3. The highest BCUT2D eigenvalue weighted by molar-refractivity contribution is 6.41. The summed E-state index contributed by atoms with van der Waals surface area (Å²) >= 11 is 0. The molecule has 18 atom stereocenters. The van der Waals surface area contributed by atoms with Crippen LogP contribution in [0.5, 0.6) is 0 Å². The number of aliphatic carboxylic acids is 1. The number of amides is 17. The van der Waals surface area contributed by atoms with Gasteiger partial charge in [-0.2, -0.15) is 0 Å². The van der Waals surface area contributed by atoms with Crippen LogP contribution in [0.2, 0.25) is 0 Å². The van der Waals surface area contributed by atoms with Crippen molar-refractivity contribution in [3.8, 4) is 0 Å². The standard InChI is InChI=1S/C98H170N30O22/c1-52(2)46-66(120-90(147)75(56(9)10)124-86(143)69(51-72(101)131)119-87(144)70(128-109)48-54(5)6)84(141)114-61(34-25-28-42-99)82(139)123-74(55(7)8)89(146)117-63(37-31-45-112-96(107)108)81(138)118-65(50-71(100)130)78(135)77(134)60(35-29-43-110-94(103)104)126-98(14)41-27-21-19-17-15-16-18-20-26-40-97(13,92(102)149)127-88(145)64(38-39-73(132)133)116-80(137)62(36-30-44-111-95(105)106)115-85(142)67(47-53(3)4)121-91(148)76(58(12)129)125-79(136)57(11)113-83(140)68(122-93(98)150)49-59-32-23-22-24-33-59/h16,18,22-24,32-33,52-58,60-70,74-76,126,128-129H,15,17,19-21,25-31,34-51,99,109H2,1-14H3,(H2,100,130)(H2,101,131)(H2,102,149)(H,113,140)(H,114,141)(H,115,142)(H,116,137)(H,117,146)(H,118,138)(H,119,144)(H,120,147)(H,121,148)(H,122,150)(H,123,139)(H,124,143)(H,125,136)(H,127,145)(H,132,133)(H4,103,104,110)(H4,105,106,111)(H4,107,108,112)/b18-16-/t57?,58-,60+,61+,62+,63+,64?,65?,66?,67?,68+,69?,70+,74?,75+,76+,97?,98?/m1/s1. The first-order valence-electron chi connectivity index (χ1n) is 51.3. The van der Waals surface area contributed by atoms with E-state index in [1.807, 2.05) is 26.0 Å². The summed E-state index contributed by atoms with van der Waals surface area (Å²) in [5.41, 5.74) is 39.0. The monoisotopic (exact) mass is 2120 g/mol. The maximum absolute atomic E-state index is 15.8. The zero-order valence-corrected chi connectivity index (χ0v) is 89.1. The van der Waals surface area contributed by atoms with E-state index in [0.29, 0.717) is 44.1 Å². The number of hydrogen-bond acceptors (Lipinski definition) is 28. The van der Waals surface area contributed by atoms with Gasteiger partial charge in [0.15, 0.2) is 17.9 Å². The summed E-state index contributed by atoms with van der Waals surface area (Å²) in [6, 6.07) is -15.7. The molecule has 0 spiro atoms. The van der Waals surface area contributed by atoms with Crippen LogP contribution in [0.4, 0.5) is 0 Å². The predicted octanol–water partition coefficient (Wildman–Crippen LogP) is -4.96. The Balaban J connectivity index is 2.95. The summed E-state index contributed by atoms with van der Waals surface area (Å²) in [5.74, 6) is -19.3. The molecule has 52 nitrogen and oxygen atoms in total. The third kappa shape index (κ3) is 50.6. The Morgan fingerprint density at radius 3 is 1.39 bits per heavy atom. The molecule has 150 heavy (non-hydrogen) atoms. The summed E-state index contributed by atoms with van der Waals surface area (Å²) in [5, 5.41) is 91.4. The van der Waals surface area contributed by atoms with Crippen molar-refractivity contribution in [1.29, 1.82) is 16.2 Å². The number of hydrogen-bond donors (Lipinski definition) is 32. The summed E-state index contributed by atoms with van der Waals surface area (Å²) in [4.78, 5) is 286. The van der Waals surface area contributed by atoms with Gasteiger partial charge in [-0.3, -0.25) is 123 Å². The van der Waals surface area contributed by atoms with Gasteiger partial charge in [-0.1, -0.05) is 131 Å². The minimum absolute atomic E-state index is 0.00925. The van der Waals surface area contributed by atoms with E-state index in [4.69, 9.17) is 62.2 Å². The van der Waals surface area contributed by atoms with Gasteiger partial charge in [-0.15, -0.1) is 0 Å². The molecular formula is C98H170N30O22. The van der Waals surface area contributed by atoms with Crippen LogP contribution in [-0.2, 0) is 102 Å². The Morgan fingerprint density at radius 2 is 0.887 bits per heavy atom. The number of carbonyl (C=O) groups excluding carboxylic acids is 19. The lowest BCUT2D eigenvalue weighted by molar-refractivity contribution is -0.142. The maximum Gasteiger partial charge on any atom is 0.303 e. The van der Waals surface area contributed by atoms with Gasteiger partial charge in [0, 0.05) is 32.5 Å². The molecule has 1 heterocycles. The summed E-state index contributed by atoms with van der Waals surface area (Å²) in [6.07, 6.45) is 0.597. The molecule has 0 bridgehead atoms. The van der Waals surface area contributed by atoms with E-state index in [1.165, 1.54) is 34.6 Å². The Morgan fingerprint density at radius 1 is 0.447 bits per heavy atom. The lowest BCUT2D eigenvalue weighted by atomic mass is 9.88. The quantitative estimate of drug-likeness (QED) is 0.00553. The van der Waals surface area contributed by atoms with Crippen LogP contribution in [-0.4, -0.2) is 280 Å². The SMILES string of the molecule is CC(C)CC(NC(=O)[C@@H](NC(=O)C(CC(N)=O)NC(=O)[C@H](CC(C)C)NN)C(C)C)C(=O)N[C@@H](CCCCN)C(=O)NC(C(=O)N[C@@H](CCCNC(=N)N)C(=O)NC(CC(N)=O)C(=O)C(=O)[C@H](CCCNC(=N)N)NC1(C)CCCCCC/C=C\CCCC(C)(C(N)=O)NC(=O)C(CCC(=O)O)NC(=O)[C@H](CCCNC(=N)N)NC(=O)C(CC(C)C)NC(=O)[C@H]([C@@H](C)O)NC(=O)C(C)NC(=O)[C@H](Cc2ccccc2)NC1=O)C(C)C. The van der Waals surface area contributed by atoms with Crippen LogP contribution in [0, 0.1) is 45.8 Å². The van der Waals surface area contributed by atoms with Crippen molar-refractivity contribution in [2.24, 2.45) is 75.6 Å². The molecule has 0 radical (unpaired) electrons. The molecule has 17 amide bonds. The third-order valence-electron chi connectivity index (χ3n) is 24.8. The molecule has 0 aliphatic carbocycles. The van der Waals surface area contributed by atoms with Gasteiger partial charge in [-0.05, 0) is 191 Å². The number of carboxylic acids is 1. The van der Waals surface area contributed by atoms with Gasteiger partial charge in [0.2, 0.25) is 112 Å². The second-order valence-corrected chi connectivity index (χ2v) is 40.5. The zero-order chi connectivity index (χ0) is 114. The van der Waals surface area contributed by atoms with E-state index in [2.05, 4.69) is 101 Å². The number of unbranched alkanes of at least 4 members (excludes halogenated alkanes) is 1. The van der Waals surface area contributed by atoms with Gasteiger partial charge >= 0.3 is 5.97 Å². The summed E-state index contributed by atoms with van der Waals surface area (Å²) in [6.45, 7) is 21.8. The fourth-order valence-electron chi connectivity index (χ4n) is 16.3. The number of aliphatic hydroxyl groups excluding tert-OH is 1. The number of allylic oxidation sites excluding steroid dienone is 2. The van der Waals surface area contributed by atoms with Crippen molar-refractivity contribution in [2.75, 3.05) is 26.2 Å². The van der Waals surface area contributed by atoms with Crippen molar-refractivity contribution in [3.63, 3.8) is 0 Å². The van der Waals surface area contributed by atoms with Crippen molar-refractivity contribution >= 4 is 136 Å². The van der Waals surface area contributed by atoms with E-state index in [9.17, 15) is 82.1 Å². The van der Waals surface area contributed by atoms with E-state index < -0.39 is 287 Å². The van der Waals surface area contributed by atoms with Gasteiger partial charge in [0.1, 0.15) is 84.1 Å². The lowest BCUT2D eigenvalue weighted by Crippen LogP contribution is -2.64. The predicted molar refractivity (Wildman–Crippen MR) is 558 cm³/mol. The van der Waals surface area contributed by atoms with Gasteiger partial charge in [0.25, 0.3) is 0 Å². The second-order valence-electron chi connectivity index (χ2n) is 40.5. The molecule has 844 valence electrons. The minimum atomic E-state index is -2.15. The minimum Gasteiger partial charge on any atom is -0.481 e. The van der Waals surface area contributed by atoms with Crippen molar-refractivity contribution in [3.05, 3.63) is 48.0 Å². The first-order valence-corrected chi connectivity index (χ1v) is 51.3. The van der Waals surface area contributed by atoms with E-state index in [-0.39, 0.29) is 141 Å². The van der Waals surface area contributed by atoms with Crippen LogP contribution in [0.3, 0.4) is 0 Å². The highest BCUT2D eigenvalue weighted by Crippen LogP contribution is 2.24. The number of rotatable bonds is 55. The smallest absolute Gasteiger partial charge is 0.303 e. The number of hydrazine groups is 1. The number of benzene rings is 1. The van der Waals surface area contributed by atoms with Crippen LogP contribution in [0.15, 0.2) is 42.5 Å². The summed E-state index contributed by atoms with van der Waals surface area (Å²) in [7, 11) is 0. The molecule has 9 unspecified atom stereocenters. The molecule has 0 aromatic heterocycles. The topological polar surface area (TPSA) is 890 Å². The number of nitrogens with one attached hydrogen (secondary N) is 22. The number of ketones is 2. The first kappa shape index (κ1) is 132. The number of carbonyl (C=O) groups is 20. The van der Waals surface area contributed by atoms with Crippen molar-refractivity contribution < 1.29 is 106 Å². The summed E-state index contributed by atoms with van der Waals surface area (Å²) < 4.78 is 0. The van der Waals surface area contributed by atoms with E-state index in [1.54, 1.807) is 71.9 Å². The second kappa shape index (κ2) is 68.2. The number of aliphatic hydroxyl groups is 1. The third-order valence-corrected chi connectivity index (χ3v) is 24.8. The molecule has 1 aromatic carbocycles. The van der Waals surface area contributed by atoms with Crippen molar-refractivity contribution in [2.45, 2.75) is 372 Å². The molecule has 2 rings (SSSR count). The normalized spacial score (nSPS) is 21.1. The molecule has 40 N–H and O–H groups in total. The van der Waals surface area contributed by atoms with Gasteiger partial charge < -0.3 is 141 Å². The Bertz CT molecular complexity index is 4720. The molecule has 0 saturated heterocycles. The first-order chi connectivity index (χ1) is 70.3. The molecule has 1 aliphatic heterocycles. The Kier molecular flexibility index (Phi) is 60.2.